The van der Waals surface area contributed by atoms with E-state index in [1.807, 2.05) is 0 Å². The molecule has 37 heavy (non-hydrogen) atoms. The van der Waals surface area contributed by atoms with Crippen LogP contribution >= 0.6 is 11.3 Å². The molecule has 12 heteroatoms. The first-order valence-electron chi connectivity index (χ1n) is 11.1. The van der Waals surface area contributed by atoms with Gasteiger partial charge in [0.05, 0.1) is 14.2 Å². The number of nitrogens with one attached hydrogen (secondary N) is 2. The molecule has 0 radical (unpaired) electrons. The zero-order valence-electron chi connectivity index (χ0n) is 20.1. The minimum Gasteiger partial charge on any atom is -0.497 e. The van der Waals surface area contributed by atoms with E-state index in [-0.39, 0.29) is 10.8 Å². The lowest BCUT2D eigenvalue weighted by atomic mass is 9.90. The highest BCUT2D eigenvalue weighted by Crippen LogP contribution is 2.35. The Morgan fingerprint density at radius 2 is 1.81 bits per heavy atom. The molecule has 3 aromatic rings. The lowest BCUT2D eigenvalue weighted by molar-refractivity contribution is -0.134. The molecule has 4 rings (SSSR count). The van der Waals surface area contributed by atoms with Crippen molar-refractivity contribution in [1.82, 2.24) is 15.2 Å². The molecule has 1 unspecified atom stereocenters. The van der Waals surface area contributed by atoms with Crippen LogP contribution in [0.5, 0.6) is 11.5 Å². The van der Waals surface area contributed by atoms with Crippen LogP contribution in [-0.4, -0.2) is 59.1 Å². The average molecular weight is 525 g/mol. The predicted molar refractivity (Wildman–Crippen MR) is 134 cm³/mol. The predicted octanol–water partition coefficient (Wildman–Crippen LogP) is 3.26. The van der Waals surface area contributed by atoms with Gasteiger partial charge in [0.2, 0.25) is 5.91 Å². The lowest BCUT2D eigenvalue weighted by Crippen LogP contribution is -2.50. The van der Waals surface area contributed by atoms with E-state index in [0.29, 0.717) is 22.6 Å². The molecular weight excluding hydrogens is 500 g/mol. The SMILES string of the molecule is COc1ccc(C2NC(=O)N([C@H](C(=O)Nc3nc(C(=O)O)cs3)[C@@H](C)c3ccccc3OC)C2=O)cc1. The summed E-state index contributed by atoms with van der Waals surface area (Å²) < 4.78 is 10.6. The molecule has 1 aliphatic heterocycles. The second-order valence-electron chi connectivity index (χ2n) is 8.17. The molecule has 0 aliphatic carbocycles. The molecule has 3 atom stereocenters. The quantitative estimate of drug-likeness (QED) is 0.362. The zero-order chi connectivity index (χ0) is 26.7. The van der Waals surface area contributed by atoms with Gasteiger partial charge >= 0.3 is 12.0 Å². The van der Waals surface area contributed by atoms with Crippen molar-refractivity contribution in [2.24, 2.45) is 0 Å². The van der Waals surface area contributed by atoms with Crippen molar-refractivity contribution in [3.05, 3.63) is 70.7 Å². The van der Waals surface area contributed by atoms with Crippen LogP contribution in [-0.2, 0) is 9.59 Å². The van der Waals surface area contributed by atoms with Gasteiger partial charge in [-0.3, -0.25) is 9.59 Å². The van der Waals surface area contributed by atoms with E-state index in [1.54, 1.807) is 55.5 Å². The molecular formula is C25H24N4O7S. The van der Waals surface area contributed by atoms with Crippen molar-refractivity contribution in [3.63, 3.8) is 0 Å². The van der Waals surface area contributed by atoms with Crippen LogP contribution in [0.4, 0.5) is 9.93 Å². The largest absolute Gasteiger partial charge is 0.497 e. The number of anilines is 1. The maximum absolute atomic E-state index is 13.6. The summed E-state index contributed by atoms with van der Waals surface area (Å²) in [6, 6.07) is 10.6. The zero-order valence-corrected chi connectivity index (χ0v) is 20.9. The van der Waals surface area contributed by atoms with Crippen LogP contribution in [0.25, 0.3) is 0 Å². The summed E-state index contributed by atoms with van der Waals surface area (Å²) in [5, 5.41) is 15.7. The first-order chi connectivity index (χ1) is 17.7. The second-order valence-corrected chi connectivity index (χ2v) is 9.03. The summed E-state index contributed by atoms with van der Waals surface area (Å²) in [5.74, 6) is -2.19. The Bertz CT molecular complexity index is 1340. The van der Waals surface area contributed by atoms with Crippen molar-refractivity contribution < 1.29 is 33.8 Å². The Balaban J connectivity index is 1.70. The van der Waals surface area contributed by atoms with Gasteiger partial charge in [-0.05, 0) is 29.3 Å². The number of amides is 4. The normalized spacial score (nSPS) is 16.6. The standard InChI is InChI=1S/C25H24N4O7S/c1-13(16-6-4-5-7-18(16)36-3)20(21(30)28-24-26-17(12-37-24)23(32)33)29-22(31)19(27-25(29)34)14-8-10-15(35-2)11-9-14/h4-13,19-20H,1-3H3,(H,27,34)(H,32,33)(H,26,28,30)/t13-,19?,20-/m0/s1. The molecule has 0 spiro atoms. The smallest absolute Gasteiger partial charge is 0.355 e. The number of nitrogens with zero attached hydrogens (tertiary/aromatic N) is 2. The maximum atomic E-state index is 13.6. The highest BCUT2D eigenvalue weighted by atomic mass is 32.1. The van der Waals surface area contributed by atoms with E-state index in [4.69, 9.17) is 14.6 Å². The summed E-state index contributed by atoms with van der Waals surface area (Å²) >= 11 is 0.919. The molecule has 2 aromatic carbocycles. The third-order valence-electron chi connectivity index (χ3n) is 6.02. The van der Waals surface area contributed by atoms with Gasteiger partial charge in [-0.25, -0.2) is 19.5 Å². The van der Waals surface area contributed by atoms with Gasteiger partial charge in [-0.1, -0.05) is 37.3 Å². The molecule has 1 aromatic heterocycles. The number of aromatic nitrogens is 1. The van der Waals surface area contributed by atoms with Crippen LogP contribution in [0.1, 0.15) is 40.5 Å². The minimum absolute atomic E-state index is 0.0263. The first kappa shape index (κ1) is 25.6. The fourth-order valence-corrected chi connectivity index (χ4v) is 4.86. The number of methoxy groups -OCH3 is 2. The van der Waals surface area contributed by atoms with Gasteiger partial charge in [0.15, 0.2) is 10.8 Å². The third kappa shape index (κ3) is 5.09. The van der Waals surface area contributed by atoms with Crippen LogP contribution in [0, 0.1) is 0 Å². The fraction of sp³-hybridized carbons (Fsp3) is 0.240. The van der Waals surface area contributed by atoms with Crippen molar-refractivity contribution in [3.8, 4) is 11.5 Å². The Hall–Kier alpha value is -4.45. The van der Waals surface area contributed by atoms with Crippen LogP contribution in [0.3, 0.4) is 0 Å². The molecule has 4 amide bonds. The average Bonchev–Trinajstić information content (AvgIpc) is 3.49. The number of hydrogen-bond acceptors (Lipinski definition) is 8. The van der Waals surface area contributed by atoms with Crippen molar-refractivity contribution in [2.45, 2.75) is 24.9 Å². The molecule has 1 saturated heterocycles. The second kappa shape index (κ2) is 10.7. The van der Waals surface area contributed by atoms with E-state index < -0.39 is 41.8 Å². The Morgan fingerprint density at radius 3 is 2.43 bits per heavy atom. The maximum Gasteiger partial charge on any atom is 0.355 e. The monoisotopic (exact) mass is 524 g/mol. The molecule has 1 fully saturated rings. The van der Waals surface area contributed by atoms with Crippen LogP contribution in [0.15, 0.2) is 53.9 Å². The van der Waals surface area contributed by atoms with Gasteiger partial charge in [0, 0.05) is 11.3 Å². The molecule has 3 N–H and O–H groups in total. The van der Waals surface area contributed by atoms with Gasteiger partial charge in [-0.2, -0.15) is 0 Å². The van der Waals surface area contributed by atoms with Crippen LogP contribution in [0.2, 0.25) is 0 Å². The minimum atomic E-state index is -1.30. The topological polar surface area (TPSA) is 147 Å². The number of carboxylic acids is 1. The number of carbonyl (C=O) groups excluding carboxylic acids is 3. The third-order valence-corrected chi connectivity index (χ3v) is 6.78. The number of aromatic carboxylic acids is 1. The number of urea groups is 1. The van der Waals surface area contributed by atoms with E-state index in [2.05, 4.69) is 15.6 Å². The van der Waals surface area contributed by atoms with Gasteiger partial charge < -0.3 is 25.2 Å². The summed E-state index contributed by atoms with van der Waals surface area (Å²) in [7, 11) is 3.00. The van der Waals surface area contributed by atoms with Crippen molar-refractivity contribution in [2.75, 3.05) is 19.5 Å². The van der Waals surface area contributed by atoms with Crippen molar-refractivity contribution >= 4 is 40.3 Å². The molecule has 2 heterocycles. The fourth-order valence-electron chi connectivity index (χ4n) is 4.17. The lowest BCUT2D eigenvalue weighted by Gasteiger charge is -2.30. The number of carboxylic acid groups (broad SMARTS) is 1. The number of ether oxygens (including phenoxy) is 2. The number of benzene rings is 2. The number of imide groups is 1. The first-order valence-corrected chi connectivity index (χ1v) is 12.0. The van der Waals surface area contributed by atoms with E-state index in [9.17, 15) is 19.2 Å². The number of para-hydroxylation sites is 1. The highest BCUT2D eigenvalue weighted by molar-refractivity contribution is 7.14. The Labute approximate surface area is 216 Å². The Kier molecular flexibility index (Phi) is 7.39. The van der Waals surface area contributed by atoms with Crippen LogP contribution < -0.4 is 20.1 Å². The number of hydrogen-bond donors (Lipinski definition) is 3. The molecule has 11 nitrogen and oxygen atoms in total. The number of rotatable bonds is 9. The van der Waals surface area contributed by atoms with E-state index in [1.165, 1.54) is 19.6 Å². The summed E-state index contributed by atoms with van der Waals surface area (Å²) in [6.45, 7) is 1.70. The summed E-state index contributed by atoms with van der Waals surface area (Å²) in [6.07, 6.45) is 0. The summed E-state index contributed by atoms with van der Waals surface area (Å²) in [4.78, 5) is 56.3. The Morgan fingerprint density at radius 1 is 1.11 bits per heavy atom. The van der Waals surface area contributed by atoms with Gasteiger partial charge in [-0.15, -0.1) is 11.3 Å². The van der Waals surface area contributed by atoms with Crippen molar-refractivity contribution in [1.29, 1.82) is 0 Å². The van der Waals surface area contributed by atoms with Gasteiger partial charge in [0.1, 0.15) is 23.6 Å². The number of thiazole rings is 1. The molecule has 192 valence electrons. The summed E-state index contributed by atoms with van der Waals surface area (Å²) in [5.41, 5.74) is 0.893. The molecule has 0 bridgehead atoms. The molecule has 1 aliphatic rings. The molecule has 0 saturated carbocycles. The van der Waals surface area contributed by atoms with E-state index in [0.717, 1.165) is 16.2 Å². The van der Waals surface area contributed by atoms with E-state index >= 15 is 0 Å². The highest BCUT2D eigenvalue weighted by Gasteiger charge is 2.48. The number of carbonyl (C=O) groups is 4. The van der Waals surface area contributed by atoms with Gasteiger partial charge in [0.25, 0.3) is 5.91 Å².